The summed E-state index contributed by atoms with van der Waals surface area (Å²) in [5.74, 6) is 0.678. The van der Waals surface area contributed by atoms with Crippen LogP contribution in [-0.2, 0) is 5.54 Å². The van der Waals surface area contributed by atoms with Crippen LogP contribution in [0.3, 0.4) is 0 Å². The first-order chi connectivity index (χ1) is 8.20. The number of urea groups is 1. The average Bonchev–Trinajstić information content (AvgIpc) is 2.56. The summed E-state index contributed by atoms with van der Waals surface area (Å²) in [7, 11) is 0. The maximum Gasteiger partial charge on any atom is 0.320 e. The molecular weight excluding hydrogens is 296 g/mol. The maximum absolute atomic E-state index is 11.7. The SMILES string of the molecule is C=C(Br)CNC(=O)Nc1cc(C)nn1C(C)(C)C. The molecule has 0 atom stereocenters. The summed E-state index contributed by atoms with van der Waals surface area (Å²) in [5, 5.41) is 9.84. The smallest absolute Gasteiger partial charge is 0.320 e. The largest absolute Gasteiger partial charge is 0.333 e. The van der Waals surface area contributed by atoms with Gasteiger partial charge in [-0.15, -0.1) is 0 Å². The van der Waals surface area contributed by atoms with E-state index < -0.39 is 0 Å². The molecule has 2 amide bonds. The summed E-state index contributed by atoms with van der Waals surface area (Å²) in [6.45, 7) is 12.0. The Balaban J connectivity index is 2.78. The molecule has 1 aromatic heterocycles. The molecule has 2 N–H and O–H groups in total. The van der Waals surface area contributed by atoms with Crippen molar-refractivity contribution in [3.8, 4) is 0 Å². The number of hydrogen-bond donors (Lipinski definition) is 2. The van der Waals surface area contributed by atoms with E-state index in [2.05, 4.69) is 38.2 Å². The monoisotopic (exact) mass is 314 g/mol. The first-order valence-electron chi connectivity index (χ1n) is 5.65. The molecule has 1 heterocycles. The van der Waals surface area contributed by atoms with Crippen molar-refractivity contribution in [1.82, 2.24) is 15.1 Å². The van der Waals surface area contributed by atoms with Gasteiger partial charge in [-0.3, -0.25) is 5.32 Å². The van der Waals surface area contributed by atoms with Gasteiger partial charge in [0.1, 0.15) is 5.82 Å². The lowest BCUT2D eigenvalue weighted by atomic mass is 10.1. The predicted molar refractivity (Wildman–Crippen MR) is 77.0 cm³/mol. The van der Waals surface area contributed by atoms with Gasteiger partial charge in [0.05, 0.1) is 17.8 Å². The van der Waals surface area contributed by atoms with Crippen molar-refractivity contribution in [2.24, 2.45) is 0 Å². The van der Waals surface area contributed by atoms with Crippen LogP contribution in [-0.4, -0.2) is 22.4 Å². The van der Waals surface area contributed by atoms with E-state index >= 15 is 0 Å². The van der Waals surface area contributed by atoms with E-state index in [1.807, 2.05) is 33.8 Å². The normalized spacial score (nSPS) is 11.2. The van der Waals surface area contributed by atoms with Crippen molar-refractivity contribution in [3.05, 3.63) is 22.8 Å². The number of carbonyl (C=O) groups excluding carboxylic acids is 1. The van der Waals surface area contributed by atoms with E-state index in [1.54, 1.807) is 4.68 Å². The third-order valence-electron chi connectivity index (χ3n) is 2.15. The molecule has 0 fully saturated rings. The van der Waals surface area contributed by atoms with Gasteiger partial charge in [-0.1, -0.05) is 22.5 Å². The Morgan fingerprint density at radius 3 is 2.67 bits per heavy atom. The van der Waals surface area contributed by atoms with E-state index in [0.29, 0.717) is 12.4 Å². The van der Waals surface area contributed by atoms with E-state index in [-0.39, 0.29) is 11.6 Å². The van der Waals surface area contributed by atoms with E-state index in [9.17, 15) is 4.79 Å². The van der Waals surface area contributed by atoms with Crippen LogP contribution in [0.4, 0.5) is 10.6 Å². The quantitative estimate of drug-likeness (QED) is 0.901. The molecule has 18 heavy (non-hydrogen) atoms. The highest BCUT2D eigenvalue weighted by atomic mass is 79.9. The summed E-state index contributed by atoms with van der Waals surface area (Å²) < 4.78 is 2.52. The summed E-state index contributed by atoms with van der Waals surface area (Å²) in [6.07, 6.45) is 0. The molecule has 0 aliphatic carbocycles. The fourth-order valence-electron chi connectivity index (χ4n) is 1.44. The molecule has 5 nitrogen and oxygen atoms in total. The number of aromatic nitrogens is 2. The number of carbonyl (C=O) groups is 1. The maximum atomic E-state index is 11.7. The van der Waals surface area contributed by atoms with Crippen molar-refractivity contribution in [1.29, 1.82) is 0 Å². The van der Waals surface area contributed by atoms with Gasteiger partial charge >= 0.3 is 6.03 Å². The summed E-state index contributed by atoms with van der Waals surface area (Å²) in [5.41, 5.74) is 0.681. The standard InChI is InChI=1S/C12H19BrN4O/c1-8(13)7-14-11(18)15-10-6-9(2)16-17(10)12(3,4)5/h6H,1,7H2,2-5H3,(H2,14,15,18). The molecule has 0 aliphatic heterocycles. The second kappa shape index (κ2) is 5.56. The van der Waals surface area contributed by atoms with Crippen LogP contribution in [0.5, 0.6) is 0 Å². The molecule has 0 saturated heterocycles. The van der Waals surface area contributed by atoms with Gasteiger partial charge in [-0.05, 0) is 27.7 Å². The van der Waals surface area contributed by atoms with Crippen LogP contribution in [0.1, 0.15) is 26.5 Å². The van der Waals surface area contributed by atoms with Gasteiger partial charge in [0.15, 0.2) is 0 Å². The van der Waals surface area contributed by atoms with Crippen LogP contribution >= 0.6 is 15.9 Å². The van der Waals surface area contributed by atoms with Gasteiger partial charge in [0.2, 0.25) is 0 Å². The Morgan fingerprint density at radius 1 is 1.56 bits per heavy atom. The number of halogens is 1. The second-order valence-corrected chi connectivity index (χ2v) is 6.20. The number of anilines is 1. The van der Waals surface area contributed by atoms with Crippen molar-refractivity contribution in [3.63, 3.8) is 0 Å². The first kappa shape index (κ1) is 14.8. The Bertz CT molecular complexity index is 459. The molecule has 6 heteroatoms. The topological polar surface area (TPSA) is 59.0 Å². The molecule has 100 valence electrons. The Hall–Kier alpha value is -1.30. The number of aryl methyl sites for hydroxylation is 1. The zero-order valence-electron chi connectivity index (χ0n) is 11.2. The minimum absolute atomic E-state index is 0.185. The third kappa shape index (κ3) is 4.18. The van der Waals surface area contributed by atoms with Gasteiger partial charge in [-0.25, -0.2) is 9.48 Å². The van der Waals surface area contributed by atoms with Crippen LogP contribution in [0, 0.1) is 6.92 Å². The molecule has 0 spiro atoms. The summed E-state index contributed by atoms with van der Waals surface area (Å²) in [6, 6.07) is 1.56. The number of hydrogen-bond acceptors (Lipinski definition) is 2. The molecule has 0 radical (unpaired) electrons. The first-order valence-corrected chi connectivity index (χ1v) is 6.44. The van der Waals surface area contributed by atoms with Crippen LogP contribution in [0.15, 0.2) is 17.1 Å². The van der Waals surface area contributed by atoms with Crippen molar-refractivity contribution in [2.75, 3.05) is 11.9 Å². The highest BCUT2D eigenvalue weighted by Crippen LogP contribution is 2.20. The molecule has 0 saturated carbocycles. The Labute approximate surface area is 116 Å². The summed E-state index contributed by atoms with van der Waals surface area (Å²) in [4.78, 5) is 11.7. The number of nitrogens with zero attached hydrogens (tertiary/aromatic N) is 2. The molecule has 0 unspecified atom stereocenters. The van der Waals surface area contributed by atoms with Gasteiger partial charge in [0.25, 0.3) is 0 Å². The van der Waals surface area contributed by atoms with Crippen LogP contribution in [0.2, 0.25) is 0 Å². The van der Waals surface area contributed by atoms with Crippen molar-refractivity contribution < 1.29 is 4.79 Å². The predicted octanol–water partition coefficient (Wildman–Crippen LogP) is 2.98. The molecule has 1 aromatic rings. The fourth-order valence-corrected chi connectivity index (χ4v) is 1.58. The Kier molecular flexibility index (Phi) is 4.56. The third-order valence-corrected chi connectivity index (χ3v) is 2.43. The lowest BCUT2D eigenvalue weighted by molar-refractivity contribution is 0.252. The number of amides is 2. The van der Waals surface area contributed by atoms with E-state index in [4.69, 9.17) is 0 Å². The van der Waals surface area contributed by atoms with E-state index in [1.165, 1.54) is 0 Å². The number of rotatable bonds is 3. The average molecular weight is 315 g/mol. The lowest BCUT2D eigenvalue weighted by Gasteiger charge is -2.22. The highest BCUT2D eigenvalue weighted by Gasteiger charge is 2.19. The molecular formula is C12H19BrN4O. The van der Waals surface area contributed by atoms with Crippen LogP contribution < -0.4 is 10.6 Å². The Morgan fingerprint density at radius 2 is 2.17 bits per heavy atom. The van der Waals surface area contributed by atoms with Crippen LogP contribution in [0.25, 0.3) is 0 Å². The lowest BCUT2D eigenvalue weighted by Crippen LogP contribution is -2.32. The van der Waals surface area contributed by atoms with Crippen molar-refractivity contribution in [2.45, 2.75) is 33.2 Å². The minimum Gasteiger partial charge on any atom is -0.333 e. The van der Waals surface area contributed by atoms with E-state index in [0.717, 1.165) is 10.2 Å². The second-order valence-electron chi connectivity index (χ2n) is 5.08. The number of nitrogens with one attached hydrogen (secondary N) is 2. The zero-order valence-corrected chi connectivity index (χ0v) is 12.8. The summed E-state index contributed by atoms with van der Waals surface area (Å²) >= 11 is 3.18. The molecule has 1 rings (SSSR count). The van der Waals surface area contributed by atoms with Gasteiger partial charge in [0, 0.05) is 10.5 Å². The molecule has 0 aliphatic rings. The fraction of sp³-hybridized carbons (Fsp3) is 0.500. The highest BCUT2D eigenvalue weighted by molar-refractivity contribution is 9.11. The zero-order chi connectivity index (χ0) is 13.9. The molecule has 0 aromatic carbocycles. The van der Waals surface area contributed by atoms with Gasteiger partial charge in [-0.2, -0.15) is 5.10 Å². The van der Waals surface area contributed by atoms with Crippen molar-refractivity contribution >= 4 is 27.8 Å². The molecule has 0 bridgehead atoms. The minimum atomic E-state index is -0.277. The van der Waals surface area contributed by atoms with Gasteiger partial charge < -0.3 is 5.32 Å².